The van der Waals surface area contributed by atoms with Crippen LogP contribution < -0.4 is 0 Å². The van der Waals surface area contributed by atoms with Gasteiger partial charge in [-0.15, -0.1) is 0 Å². The molecule has 0 amide bonds. The Kier molecular flexibility index (Phi) is 12.0. The highest BCUT2D eigenvalue weighted by molar-refractivity contribution is 7.09. The molecule has 1 saturated heterocycles. The van der Waals surface area contributed by atoms with Crippen LogP contribution in [0.1, 0.15) is 78.1 Å². The molecule has 0 aromatic rings. The van der Waals surface area contributed by atoms with Crippen molar-refractivity contribution in [3.8, 4) is 0 Å². The number of aliphatic hydroxyl groups excluding tert-OH is 1. The van der Waals surface area contributed by atoms with Crippen LogP contribution in [0.2, 0.25) is 0 Å². The zero-order valence-corrected chi connectivity index (χ0v) is 20.7. The second-order valence-electron chi connectivity index (χ2n) is 9.24. The molecule has 2 fully saturated rings. The zero-order valence-electron chi connectivity index (χ0n) is 19.6. The largest absolute Gasteiger partial charge is 0.469 e. The molecule has 180 valence electrons. The van der Waals surface area contributed by atoms with Crippen LogP contribution in [0, 0.1) is 17.8 Å². The lowest BCUT2D eigenvalue weighted by atomic mass is 9.85. The monoisotopic (exact) mass is 458 g/mol. The molecular formula is C24H43O6P. The Balaban J connectivity index is 1.91. The summed E-state index contributed by atoms with van der Waals surface area (Å²) in [7, 11) is 3.81. The highest BCUT2D eigenvalue weighted by Gasteiger charge is 2.44. The SMILES string of the molecule is CCCCCC1(CC[C@H]2C(OP)CC(O)C2C/C=C\CC(C)CC(=O)OC)OCCO1. The molecule has 7 heteroatoms. The van der Waals surface area contributed by atoms with E-state index in [1.54, 1.807) is 0 Å². The topological polar surface area (TPSA) is 74.2 Å². The maximum absolute atomic E-state index is 11.4. The Morgan fingerprint density at radius 1 is 1.23 bits per heavy atom. The van der Waals surface area contributed by atoms with Crippen LogP contribution in [0.15, 0.2) is 12.2 Å². The first-order valence-electron chi connectivity index (χ1n) is 12.0. The van der Waals surface area contributed by atoms with Crippen molar-refractivity contribution in [2.75, 3.05) is 20.3 Å². The summed E-state index contributed by atoms with van der Waals surface area (Å²) >= 11 is 0. The Bertz CT molecular complexity index is 548. The van der Waals surface area contributed by atoms with Crippen LogP contribution in [-0.2, 0) is 23.5 Å². The number of unbranched alkanes of at least 4 members (excludes halogenated alkanes) is 2. The van der Waals surface area contributed by atoms with Gasteiger partial charge in [0.05, 0.1) is 32.5 Å². The molecule has 0 aromatic heterocycles. The first-order chi connectivity index (χ1) is 14.9. The highest BCUT2D eigenvalue weighted by atomic mass is 31.0. The summed E-state index contributed by atoms with van der Waals surface area (Å²) < 4.78 is 22.5. The van der Waals surface area contributed by atoms with Crippen molar-refractivity contribution < 1.29 is 28.6 Å². The third-order valence-corrected chi connectivity index (χ3v) is 7.21. The van der Waals surface area contributed by atoms with Gasteiger partial charge in [-0.25, -0.2) is 0 Å². The lowest BCUT2D eigenvalue weighted by Crippen LogP contribution is -2.33. The van der Waals surface area contributed by atoms with Crippen molar-refractivity contribution >= 4 is 15.4 Å². The number of methoxy groups -OCH3 is 1. The summed E-state index contributed by atoms with van der Waals surface area (Å²) in [6.45, 7) is 5.59. The summed E-state index contributed by atoms with van der Waals surface area (Å²) in [4.78, 5) is 11.4. The summed E-state index contributed by atoms with van der Waals surface area (Å²) in [5, 5.41) is 10.7. The normalized spacial score (nSPS) is 28.9. The third-order valence-electron chi connectivity index (χ3n) is 6.86. The van der Waals surface area contributed by atoms with E-state index in [0.717, 1.165) is 38.5 Å². The summed E-state index contributed by atoms with van der Waals surface area (Å²) in [6.07, 6.45) is 12.9. The van der Waals surface area contributed by atoms with Crippen molar-refractivity contribution in [3.05, 3.63) is 12.2 Å². The molecule has 5 unspecified atom stereocenters. The van der Waals surface area contributed by atoms with Gasteiger partial charge in [-0.2, -0.15) is 0 Å². The molecule has 31 heavy (non-hydrogen) atoms. The molecule has 1 heterocycles. The maximum atomic E-state index is 11.4. The number of carbonyl (C=O) groups excluding carboxylic acids is 1. The van der Waals surface area contributed by atoms with Gasteiger partial charge in [0.25, 0.3) is 0 Å². The minimum Gasteiger partial charge on any atom is -0.469 e. The predicted octanol–water partition coefficient (Wildman–Crippen LogP) is 4.80. The van der Waals surface area contributed by atoms with Crippen LogP contribution in [0.4, 0.5) is 0 Å². The van der Waals surface area contributed by atoms with Crippen molar-refractivity contribution in [2.45, 2.75) is 96.1 Å². The molecule has 0 bridgehead atoms. The fourth-order valence-corrected chi connectivity index (χ4v) is 5.32. The fourth-order valence-electron chi connectivity index (χ4n) is 5.01. The number of hydrogen-bond acceptors (Lipinski definition) is 6. The molecule has 6 atom stereocenters. The molecule has 1 N–H and O–H groups in total. The summed E-state index contributed by atoms with van der Waals surface area (Å²) in [5.74, 6) is 0.0394. The van der Waals surface area contributed by atoms with Gasteiger partial charge in [-0.05, 0) is 43.4 Å². The summed E-state index contributed by atoms with van der Waals surface area (Å²) in [5.41, 5.74) is 0. The highest BCUT2D eigenvalue weighted by Crippen LogP contribution is 2.43. The predicted molar refractivity (Wildman–Crippen MR) is 124 cm³/mol. The second-order valence-corrected chi connectivity index (χ2v) is 9.51. The third kappa shape index (κ3) is 8.40. The van der Waals surface area contributed by atoms with E-state index in [0.29, 0.717) is 26.1 Å². The van der Waals surface area contributed by atoms with Crippen LogP contribution in [0.3, 0.4) is 0 Å². The standard InChI is InChI=1S/C24H43O6P/c1-4-5-8-12-24(28-14-15-29-24)13-11-20-19(21(25)17-22(20)30-31)10-7-6-9-18(2)16-23(26)27-3/h6-7,18-22,25H,4-5,8-17,31H2,1-3H3/b7-6-/t18?,19?,20-,21?,22?/m1/s1. The molecule has 1 saturated carbocycles. The first-order valence-corrected chi connectivity index (χ1v) is 12.4. The van der Waals surface area contributed by atoms with Gasteiger partial charge in [0.2, 0.25) is 0 Å². The van der Waals surface area contributed by atoms with Crippen LogP contribution >= 0.6 is 9.47 Å². The van der Waals surface area contributed by atoms with Crippen LogP contribution in [0.5, 0.6) is 0 Å². The molecule has 6 nitrogen and oxygen atoms in total. The number of esters is 1. The lowest BCUT2D eigenvalue weighted by Gasteiger charge is -2.31. The molecule has 1 aliphatic heterocycles. The molecule has 0 radical (unpaired) electrons. The number of carbonyl (C=O) groups is 1. The molecule has 1 aliphatic carbocycles. The average molecular weight is 459 g/mol. The van der Waals surface area contributed by atoms with Gasteiger partial charge in [0.15, 0.2) is 5.79 Å². The maximum Gasteiger partial charge on any atom is 0.305 e. The van der Waals surface area contributed by atoms with Crippen LogP contribution in [0.25, 0.3) is 0 Å². The van der Waals surface area contributed by atoms with Crippen molar-refractivity contribution in [2.24, 2.45) is 17.8 Å². The van der Waals surface area contributed by atoms with E-state index in [4.69, 9.17) is 18.7 Å². The van der Waals surface area contributed by atoms with Gasteiger partial charge in [-0.1, -0.05) is 38.8 Å². The first kappa shape index (κ1) is 26.7. The average Bonchev–Trinajstić information content (AvgIpc) is 3.34. The Morgan fingerprint density at radius 3 is 2.61 bits per heavy atom. The zero-order chi connectivity index (χ0) is 22.7. The van der Waals surface area contributed by atoms with Gasteiger partial charge in [0.1, 0.15) is 0 Å². The Morgan fingerprint density at radius 2 is 1.97 bits per heavy atom. The molecule has 2 aliphatic rings. The fraction of sp³-hybridized carbons (Fsp3) is 0.875. The quantitative estimate of drug-likeness (QED) is 0.174. The van der Waals surface area contributed by atoms with Crippen molar-refractivity contribution in [1.82, 2.24) is 0 Å². The van der Waals surface area contributed by atoms with Gasteiger partial charge >= 0.3 is 5.97 Å². The van der Waals surface area contributed by atoms with E-state index in [-0.39, 0.29) is 35.9 Å². The van der Waals surface area contributed by atoms with E-state index < -0.39 is 5.79 Å². The van der Waals surface area contributed by atoms with Gasteiger partial charge in [0, 0.05) is 35.2 Å². The van der Waals surface area contributed by atoms with E-state index in [2.05, 4.69) is 28.5 Å². The second kappa shape index (κ2) is 13.9. The smallest absolute Gasteiger partial charge is 0.305 e. The number of ether oxygens (including phenoxy) is 3. The van der Waals surface area contributed by atoms with E-state index in [9.17, 15) is 9.90 Å². The molecule has 0 spiro atoms. The minimum absolute atomic E-state index is 0.0331. The van der Waals surface area contributed by atoms with E-state index in [1.807, 2.05) is 6.92 Å². The minimum atomic E-state index is -0.460. The van der Waals surface area contributed by atoms with E-state index >= 15 is 0 Å². The Labute approximate surface area is 190 Å². The van der Waals surface area contributed by atoms with Crippen molar-refractivity contribution in [3.63, 3.8) is 0 Å². The number of rotatable bonds is 14. The number of hydrogen-bond donors (Lipinski definition) is 1. The number of aliphatic hydroxyl groups is 1. The van der Waals surface area contributed by atoms with Gasteiger partial charge in [-0.3, -0.25) is 4.79 Å². The van der Waals surface area contributed by atoms with Crippen molar-refractivity contribution in [1.29, 1.82) is 0 Å². The van der Waals surface area contributed by atoms with Gasteiger partial charge < -0.3 is 23.8 Å². The molecular weight excluding hydrogens is 415 g/mol. The van der Waals surface area contributed by atoms with Crippen LogP contribution in [-0.4, -0.2) is 49.4 Å². The number of allylic oxidation sites excluding steroid dienone is 2. The molecule has 2 rings (SSSR count). The summed E-state index contributed by atoms with van der Waals surface area (Å²) in [6, 6.07) is 0. The van der Waals surface area contributed by atoms with E-state index in [1.165, 1.54) is 20.0 Å². The Hall–Kier alpha value is -0.520. The molecule has 0 aromatic carbocycles. The lowest BCUT2D eigenvalue weighted by molar-refractivity contribution is -0.171.